The van der Waals surface area contributed by atoms with Crippen molar-refractivity contribution < 1.29 is 14.6 Å². The van der Waals surface area contributed by atoms with Gasteiger partial charge in [-0.3, -0.25) is 4.79 Å². The van der Waals surface area contributed by atoms with Crippen LogP contribution in [0.25, 0.3) is 0 Å². The maximum atomic E-state index is 11.8. The molecule has 0 bridgehead atoms. The molecule has 0 saturated heterocycles. The third kappa shape index (κ3) is 3.83. The molecule has 7 atom stereocenters. The van der Waals surface area contributed by atoms with Crippen molar-refractivity contribution in [2.24, 2.45) is 34.5 Å². The van der Waals surface area contributed by atoms with E-state index in [0.717, 1.165) is 25.7 Å². The third-order valence-electron chi connectivity index (χ3n) is 9.67. The van der Waals surface area contributed by atoms with Crippen LogP contribution >= 0.6 is 0 Å². The lowest BCUT2D eigenvalue weighted by Crippen LogP contribution is -2.56. The van der Waals surface area contributed by atoms with Crippen LogP contribution in [0.5, 0.6) is 0 Å². The molecule has 0 radical (unpaired) electrons. The van der Waals surface area contributed by atoms with Crippen LogP contribution in [0.2, 0.25) is 0 Å². The van der Waals surface area contributed by atoms with Gasteiger partial charge in [0.15, 0.2) is 0 Å². The Hall–Kier alpha value is -1.35. The minimum atomic E-state index is -0.820. The standard InChI is InChI=1S/C29H44O3/c1-19(2)8-7-9-20(3)24-10-11-25-23-13-17-29(31)18-22(32-21(4)30)12-16-28(29,6)26(23)14-15-27(24,25)5/h7,9,13-14,19-20,22,24-25,31H,8,10-12,15-18H2,1-6H3/b9-7+/t20-,22?,24?,25?,27?,28?,29-/m1/s1. The highest BCUT2D eigenvalue weighted by atomic mass is 16.5. The van der Waals surface area contributed by atoms with Crippen molar-refractivity contribution in [2.45, 2.75) is 105 Å². The highest BCUT2D eigenvalue weighted by molar-refractivity contribution is 5.66. The number of hydrogen-bond acceptors (Lipinski definition) is 3. The molecule has 1 N–H and O–H groups in total. The second-order valence-electron chi connectivity index (χ2n) is 12.2. The van der Waals surface area contributed by atoms with Crippen molar-refractivity contribution >= 4 is 5.97 Å². The monoisotopic (exact) mass is 440 g/mol. The highest BCUT2D eigenvalue weighted by Crippen LogP contribution is 2.65. The molecule has 2 fully saturated rings. The van der Waals surface area contributed by atoms with Gasteiger partial charge in [0.05, 0.1) is 5.60 Å². The van der Waals surface area contributed by atoms with Gasteiger partial charge in [-0.2, -0.15) is 0 Å². The fraction of sp³-hybridized carbons (Fsp3) is 0.759. The lowest BCUT2D eigenvalue weighted by Gasteiger charge is -2.57. The van der Waals surface area contributed by atoms with Gasteiger partial charge in [0.25, 0.3) is 0 Å². The van der Waals surface area contributed by atoms with Gasteiger partial charge in [-0.05, 0) is 85.2 Å². The number of hydrogen-bond donors (Lipinski definition) is 1. The Bertz CT molecular complexity index is 835. The van der Waals surface area contributed by atoms with Crippen LogP contribution in [0.3, 0.4) is 0 Å². The topological polar surface area (TPSA) is 46.5 Å². The first-order valence-corrected chi connectivity index (χ1v) is 13.0. The van der Waals surface area contributed by atoms with Gasteiger partial charge in [-0.1, -0.05) is 58.9 Å². The first-order chi connectivity index (χ1) is 15.0. The minimum absolute atomic E-state index is 0.163. The Kier molecular flexibility index (Phi) is 6.29. The van der Waals surface area contributed by atoms with Crippen LogP contribution in [0.1, 0.15) is 92.9 Å². The zero-order chi connectivity index (χ0) is 23.3. The molecule has 0 aromatic carbocycles. The summed E-state index contributed by atoms with van der Waals surface area (Å²) in [4.78, 5) is 11.5. The van der Waals surface area contributed by atoms with Gasteiger partial charge < -0.3 is 9.84 Å². The molecule has 3 heteroatoms. The van der Waals surface area contributed by atoms with Crippen molar-refractivity contribution in [1.82, 2.24) is 0 Å². The summed E-state index contributed by atoms with van der Waals surface area (Å²) >= 11 is 0. The molecule has 5 unspecified atom stereocenters. The van der Waals surface area contributed by atoms with Crippen LogP contribution in [0.4, 0.5) is 0 Å². The van der Waals surface area contributed by atoms with E-state index in [-0.39, 0.29) is 17.5 Å². The van der Waals surface area contributed by atoms with Crippen LogP contribution in [0.15, 0.2) is 35.5 Å². The SMILES string of the molecule is CC(=O)OC1CCC2(C)C3=CCC4(C)C(CCC4[C@H](C)/C=C/CC(C)C)C3=CC[C@@]2(O)C1. The van der Waals surface area contributed by atoms with E-state index in [2.05, 4.69) is 58.9 Å². The molecule has 0 aliphatic heterocycles. The average Bonchev–Trinajstić information content (AvgIpc) is 3.05. The van der Waals surface area contributed by atoms with E-state index in [9.17, 15) is 9.90 Å². The fourth-order valence-electron chi connectivity index (χ4n) is 7.75. The average molecular weight is 441 g/mol. The van der Waals surface area contributed by atoms with E-state index in [4.69, 9.17) is 4.74 Å². The molecule has 0 spiro atoms. The fourth-order valence-corrected chi connectivity index (χ4v) is 7.75. The van der Waals surface area contributed by atoms with Crippen LogP contribution < -0.4 is 0 Å². The molecular weight excluding hydrogens is 396 g/mol. The Morgan fingerprint density at radius 1 is 1.19 bits per heavy atom. The lowest BCUT2D eigenvalue weighted by molar-refractivity contribution is -0.163. The quantitative estimate of drug-likeness (QED) is 0.379. The lowest BCUT2D eigenvalue weighted by atomic mass is 9.50. The number of esters is 1. The number of fused-ring (bicyclic) bond motifs is 5. The number of rotatable bonds is 5. The van der Waals surface area contributed by atoms with E-state index < -0.39 is 5.60 Å². The van der Waals surface area contributed by atoms with Crippen LogP contribution in [-0.4, -0.2) is 22.8 Å². The highest BCUT2D eigenvalue weighted by Gasteiger charge is 2.60. The van der Waals surface area contributed by atoms with Crippen molar-refractivity contribution in [3.63, 3.8) is 0 Å². The molecule has 0 aromatic heterocycles. The van der Waals surface area contributed by atoms with E-state index in [1.807, 2.05) is 0 Å². The maximum absolute atomic E-state index is 11.8. The molecule has 3 nitrogen and oxygen atoms in total. The molecule has 0 amide bonds. The Balaban J connectivity index is 1.58. The summed E-state index contributed by atoms with van der Waals surface area (Å²) in [5, 5.41) is 11.8. The number of carbonyl (C=O) groups excluding carboxylic acids is 1. The molecule has 4 aliphatic carbocycles. The zero-order valence-electron chi connectivity index (χ0n) is 21.1. The predicted molar refractivity (Wildman–Crippen MR) is 130 cm³/mol. The van der Waals surface area contributed by atoms with Crippen molar-refractivity contribution in [3.8, 4) is 0 Å². The van der Waals surface area contributed by atoms with Gasteiger partial charge in [0.2, 0.25) is 0 Å². The summed E-state index contributed by atoms with van der Waals surface area (Å²) in [5.41, 5.74) is 2.17. The number of carbonyl (C=O) groups is 1. The summed E-state index contributed by atoms with van der Waals surface area (Å²) in [6.45, 7) is 13.2. The van der Waals surface area contributed by atoms with E-state index in [0.29, 0.717) is 41.9 Å². The molecular formula is C29H44O3. The van der Waals surface area contributed by atoms with Crippen LogP contribution in [-0.2, 0) is 9.53 Å². The van der Waals surface area contributed by atoms with Crippen molar-refractivity contribution in [1.29, 1.82) is 0 Å². The van der Waals surface area contributed by atoms with Gasteiger partial charge in [-0.15, -0.1) is 0 Å². The Morgan fingerprint density at radius 3 is 2.62 bits per heavy atom. The smallest absolute Gasteiger partial charge is 0.302 e. The summed E-state index contributed by atoms with van der Waals surface area (Å²) in [5.74, 6) is 2.39. The predicted octanol–water partition coefficient (Wildman–Crippen LogP) is 6.77. The van der Waals surface area contributed by atoms with Crippen LogP contribution in [0, 0.1) is 34.5 Å². The number of allylic oxidation sites excluding steroid dienone is 4. The summed E-state index contributed by atoms with van der Waals surface area (Å²) < 4.78 is 5.51. The molecule has 4 aliphatic rings. The number of aliphatic hydroxyl groups is 1. The molecule has 0 aromatic rings. The van der Waals surface area contributed by atoms with E-state index >= 15 is 0 Å². The van der Waals surface area contributed by atoms with Crippen molar-refractivity contribution in [2.75, 3.05) is 0 Å². The summed E-state index contributed by atoms with van der Waals surface area (Å²) in [6, 6.07) is 0. The minimum Gasteiger partial charge on any atom is -0.462 e. The van der Waals surface area contributed by atoms with E-state index in [1.165, 1.54) is 30.9 Å². The largest absolute Gasteiger partial charge is 0.462 e. The number of ether oxygens (including phenoxy) is 1. The summed E-state index contributed by atoms with van der Waals surface area (Å²) in [6.07, 6.45) is 17.3. The first-order valence-electron chi connectivity index (χ1n) is 13.0. The molecule has 32 heavy (non-hydrogen) atoms. The third-order valence-corrected chi connectivity index (χ3v) is 9.67. The summed E-state index contributed by atoms with van der Waals surface area (Å²) in [7, 11) is 0. The van der Waals surface area contributed by atoms with Gasteiger partial charge in [-0.25, -0.2) is 0 Å². The molecule has 178 valence electrons. The molecule has 4 rings (SSSR count). The van der Waals surface area contributed by atoms with Gasteiger partial charge in [0.1, 0.15) is 6.10 Å². The van der Waals surface area contributed by atoms with E-state index in [1.54, 1.807) is 0 Å². The zero-order valence-corrected chi connectivity index (χ0v) is 21.1. The van der Waals surface area contributed by atoms with Gasteiger partial charge >= 0.3 is 5.97 Å². The Labute approximate surface area is 195 Å². The molecule has 0 heterocycles. The second kappa shape index (κ2) is 8.46. The Morgan fingerprint density at radius 2 is 1.94 bits per heavy atom. The normalized spacial score (nSPS) is 42.1. The maximum Gasteiger partial charge on any atom is 0.302 e. The molecule has 2 saturated carbocycles. The van der Waals surface area contributed by atoms with Gasteiger partial charge in [0, 0.05) is 18.8 Å². The van der Waals surface area contributed by atoms with Crippen molar-refractivity contribution in [3.05, 3.63) is 35.5 Å². The first kappa shape index (κ1) is 23.8. The second-order valence-corrected chi connectivity index (χ2v) is 12.2.